The number of aromatic nitrogens is 3. The van der Waals surface area contributed by atoms with Gasteiger partial charge in [-0.3, -0.25) is 4.98 Å². The fraction of sp³-hybridized carbons (Fsp3) is 0.308. The molecule has 94 valence electrons. The second kappa shape index (κ2) is 5.42. The van der Waals surface area contributed by atoms with Gasteiger partial charge in [0.1, 0.15) is 5.69 Å². The largest absolute Gasteiger partial charge is 0.328 e. The predicted molar refractivity (Wildman–Crippen MR) is 72.4 cm³/mol. The molecule has 2 aromatic rings. The lowest BCUT2D eigenvalue weighted by molar-refractivity contribution is 0.719. The minimum absolute atomic E-state index is 0.0744. The third-order valence-corrected chi connectivity index (χ3v) is 2.62. The summed E-state index contributed by atoms with van der Waals surface area (Å²) in [4.78, 5) is 13.1. The topological polar surface area (TPSA) is 64.7 Å². The molecule has 0 aliphatic carbocycles. The molecule has 1 unspecified atom stereocenters. The first kappa shape index (κ1) is 12.9. The molecule has 2 aromatic heterocycles. The van der Waals surface area contributed by atoms with Crippen molar-refractivity contribution in [1.29, 1.82) is 0 Å². The van der Waals surface area contributed by atoms with Crippen LogP contribution < -0.4 is 5.73 Å². The van der Waals surface area contributed by atoms with E-state index in [1.165, 1.54) is 0 Å². The third kappa shape index (κ3) is 3.24. The Balaban J connectivity index is 2.38. The third-order valence-electron chi connectivity index (χ3n) is 2.39. The number of hydrogen-bond donors (Lipinski definition) is 1. The molecule has 0 saturated heterocycles. The summed E-state index contributed by atoms with van der Waals surface area (Å²) in [7, 11) is 0. The van der Waals surface area contributed by atoms with Gasteiger partial charge in [0.25, 0.3) is 0 Å². The summed E-state index contributed by atoms with van der Waals surface area (Å²) >= 11 is 5.81. The van der Waals surface area contributed by atoms with E-state index in [4.69, 9.17) is 17.3 Å². The average molecular weight is 263 g/mol. The molecule has 0 aliphatic rings. The Morgan fingerprint density at radius 3 is 2.72 bits per heavy atom. The Hall–Kier alpha value is -1.52. The van der Waals surface area contributed by atoms with Gasteiger partial charge in [-0.05, 0) is 32.0 Å². The lowest BCUT2D eigenvalue weighted by Gasteiger charge is -2.07. The summed E-state index contributed by atoms with van der Waals surface area (Å²) in [6.07, 6.45) is 2.32. The summed E-state index contributed by atoms with van der Waals surface area (Å²) in [5.74, 6) is 0.613. The highest BCUT2D eigenvalue weighted by Gasteiger charge is 2.07. The Bertz CT molecular complexity index is 537. The van der Waals surface area contributed by atoms with Crippen LogP contribution in [0.4, 0.5) is 0 Å². The summed E-state index contributed by atoms with van der Waals surface area (Å²) in [5.41, 5.74) is 8.35. The van der Waals surface area contributed by atoms with Crippen molar-refractivity contribution in [3.63, 3.8) is 0 Å². The fourth-order valence-corrected chi connectivity index (χ4v) is 1.80. The van der Waals surface area contributed by atoms with Crippen LogP contribution in [0.5, 0.6) is 0 Å². The molecule has 0 saturated carbocycles. The van der Waals surface area contributed by atoms with Gasteiger partial charge in [0.2, 0.25) is 0 Å². The molecule has 18 heavy (non-hydrogen) atoms. The van der Waals surface area contributed by atoms with Crippen LogP contribution in [0.3, 0.4) is 0 Å². The van der Waals surface area contributed by atoms with E-state index in [2.05, 4.69) is 15.0 Å². The molecule has 0 bridgehead atoms. The van der Waals surface area contributed by atoms with E-state index in [9.17, 15) is 0 Å². The maximum absolute atomic E-state index is 5.81. The van der Waals surface area contributed by atoms with E-state index < -0.39 is 0 Å². The van der Waals surface area contributed by atoms with Gasteiger partial charge < -0.3 is 5.73 Å². The van der Waals surface area contributed by atoms with Crippen molar-refractivity contribution in [1.82, 2.24) is 15.0 Å². The van der Waals surface area contributed by atoms with Crippen LogP contribution in [0, 0.1) is 6.92 Å². The van der Waals surface area contributed by atoms with Crippen molar-refractivity contribution in [3.05, 3.63) is 40.8 Å². The molecule has 4 nitrogen and oxygen atoms in total. The maximum Gasteiger partial charge on any atom is 0.178 e. The van der Waals surface area contributed by atoms with Gasteiger partial charge in [0.15, 0.2) is 5.82 Å². The molecule has 5 heteroatoms. The number of aryl methyl sites for hydroxylation is 1. The van der Waals surface area contributed by atoms with E-state index in [1.54, 1.807) is 12.3 Å². The molecule has 0 spiro atoms. The van der Waals surface area contributed by atoms with Crippen LogP contribution in [0.1, 0.15) is 18.3 Å². The molecule has 0 radical (unpaired) electrons. The number of rotatable bonds is 3. The van der Waals surface area contributed by atoms with Crippen LogP contribution in [-0.2, 0) is 6.42 Å². The molecule has 0 aromatic carbocycles. The standard InChI is InChI=1S/C13H15ClN4/c1-8(15)5-11-6-9(2)17-13(18-11)12-4-3-10(14)7-16-12/h3-4,6-8H,5,15H2,1-2H3. The second-order valence-corrected chi connectivity index (χ2v) is 4.80. The second-order valence-electron chi connectivity index (χ2n) is 4.37. The van der Waals surface area contributed by atoms with Gasteiger partial charge in [0.05, 0.1) is 5.02 Å². The lowest BCUT2D eigenvalue weighted by Crippen LogP contribution is -2.19. The Labute approximate surface area is 111 Å². The highest BCUT2D eigenvalue weighted by Crippen LogP contribution is 2.16. The van der Waals surface area contributed by atoms with Crippen molar-refractivity contribution >= 4 is 11.6 Å². The van der Waals surface area contributed by atoms with Gasteiger partial charge in [-0.25, -0.2) is 9.97 Å². The van der Waals surface area contributed by atoms with Gasteiger partial charge in [-0.1, -0.05) is 11.6 Å². The number of nitrogens with zero attached hydrogens (tertiary/aromatic N) is 3. The van der Waals surface area contributed by atoms with Crippen molar-refractivity contribution < 1.29 is 0 Å². The molecular formula is C13H15ClN4. The zero-order valence-corrected chi connectivity index (χ0v) is 11.1. The minimum Gasteiger partial charge on any atom is -0.328 e. The predicted octanol–water partition coefficient (Wildman–Crippen LogP) is 2.39. The number of nitrogens with two attached hydrogens (primary N) is 1. The first-order valence-corrected chi connectivity index (χ1v) is 6.14. The number of halogens is 1. The zero-order chi connectivity index (χ0) is 13.1. The van der Waals surface area contributed by atoms with E-state index in [0.717, 1.165) is 17.8 Å². The fourth-order valence-electron chi connectivity index (χ4n) is 1.69. The molecular weight excluding hydrogens is 248 g/mol. The smallest absolute Gasteiger partial charge is 0.178 e. The minimum atomic E-state index is 0.0744. The molecule has 0 fully saturated rings. The molecule has 0 aliphatic heterocycles. The summed E-state index contributed by atoms with van der Waals surface area (Å²) < 4.78 is 0. The lowest BCUT2D eigenvalue weighted by atomic mass is 10.1. The quantitative estimate of drug-likeness (QED) is 0.922. The normalized spacial score (nSPS) is 12.4. The highest BCUT2D eigenvalue weighted by molar-refractivity contribution is 6.30. The van der Waals surface area contributed by atoms with Crippen LogP contribution in [0.15, 0.2) is 24.4 Å². The van der Waals surface area contributed by atoms with Gasteiger partial charge in [-0.15, -0.1) is 0 Å². The molecule has 2 rings (SSSR count). The monoisotopic (exact) mass is 262 g/mol. The summed E-state index contributed by atoms with van der Waals surface area (Å²) in [6, 6.07) is 5.61. The summed E-state index contributed by atoms with van der Waals surface area (Å²) in [6.45, 7) is 3.89. The number of pyridine rings is 1. The Morgan fingerprint density at radius 1 is 1.33 bits per heavy atom. The molecule has 2 N–H and O–H groups in total. The van der Waals surface area contributed by atoms with Gasteiger partial charge in [-0.2, -0.15) is 0 Å². The van der Waals surface area contributed by atoms with Crippen LogP contribution in [0.2, 0.25) is 5.02 Å². The zero-order valence-electron chi connectivity index (χ0n) is 10.4. The van der Waals surface area contributed by atoms with Gasteiger partial charge >= 0.3 is 0 Å². The first-order chi connectivity index (χ1) is 8.54. The SMILES string of the molecule is Cc1cc(CC(C)N)nc(-c2ccc(Cl)cn2)n1. The number of hydrogen-bond acceptors (Lipinski definition) is 4. The molecule has 1 atom stereocenters. The average Bonchev–Trinajstić information content (AvgIpc) is 2.28. The van der Waals surface area contributed by atoms with Crippen LogP contribution >= 0.6 is 11.6 Å². The van der Waals surface area contributed by atoms with Crippen molar-refractivity contribution in [3.8, 4) is 11.5 Å². The van der Waals surface area contributed by atoms with Crippen molar-refractivity contribution in [2.45, 2.75) is 26.3 Å². The van der Waals surface area contributed by atoms with E-state index in [-0.39, 0.29) is 6.04 Å². The van der Waals surface area contributed by atoms with E-state index in [1.807, 2.05) is 26.0 Å². The Kier molecular flexibility index (Phi) is 3.89. The van der Waals surface area contributed by atoms with Crippen molar-refractivity contribution in [2.75, 3.05) is 0 Å². The Morgan fingerprint density at radius 2 is 2.11 bits per heavy atom. The molecule has 2 heterocycles. The first-order valence-electron chi connectivity index (χ1n) is 5.76. The molecule has 0 amide bonds. The van der Waals surface area contributed by atoms with E-state index in [0.29, 0.717) is 16.5 Å². The summed E-state index contributed by atoms with van der Waals surface area (Å²) in [5, 5.41) is 0.599. The van der Waals surface area contributed by atoms with Crippen LogP contribution in [0.25, 0.3) is 11.5 Å². The maximum atomic E-state index is 5.81. The van der Waals surface area contributed by atoms with Gasteiger partial charge in [0, 0.05) is 30.0 Å². The van der Waals surface area contributed by atoms with Crippen molar-refractivity contribution in [2.24, 2.45) is 5.73 Å². The highest BCUT2D eigenvalue weighted by atomic mass is 35.5. The van der Waals surface area contributed by atoms with E-state index >= 15 is 0 Å². The van der Waals surface area contributed by atoms with Crippen LogP contribution in [-0.4, -0.2) is 21.0 Å².